The molecule has 0 saturated heterocycles. The lowest BCUT2D eigenvalue weighted by Gasteiger charge is -2.08. The minimum atomic E-state index is -0.515. The molecule has 0 fully saturated rings. The Labute approximate surface area is 154 Å². The van der Waals surface area contributed by atoms with Crippen LogP contribution in [0.25, 0.3) is 0 Å². The van der Waals surface area contributed by atoms with Crippen LogP contribution >= 0.6 is 23.2 Å². The molecule has 3 amide bonds. The van der Waals surface area contributed by atoms with E-state index in [0.717, 1.165) is 5.56 Å². The van der Waals surface area contributed by atoms with E-state index >= 15 is 0 Å². The fraction of sp³-hybridized carbons (Fsp3) is 0.118. The number of nitrogens with one attached hydrogen (secondary N) is 2. The summed E-state index contributed by atoms with van der Waals surface area (Å²) in [5, 5.41) is 5.76. The molecule has 0 radical (unpaired) electrons. The van der Waals surface area contributed by atoms with Crippen molar-refractivity contribution in [1.82, 2.24) is 10.6 Å². The maximum atomic E-state index is 12.0. The van der Waals surface area contributed by atoms with Crippen LogP contribution in [-0.2, 0) is 11.3 Å². The van der Waals surface area contributed by atoms with Gasteiger partial charge < -0.3 is 16.4 Å². The molecule has 6 nitrogen and oxygen atoms in total. The number of nitrogens with two attached hydrogens (primary N) is 1. The van der Waals surface area contributed by atoms with Crippen LogP contribution < -0.4 is 16.4 Å². The molecule has 25 heavy (non-hydrogen) atoms. The van der Waals surface area contributed by atoms with Gasteiger partial charge in [-0.05, 0) is 35.9 Å². The largest absolute Gasteiger partial charge is 0.366 e. The van der Waals surface area contributed by atoms with E-state index in [1.165, 1.54) is 18.2 Å². The predicted molar refractivity (Wildman–Crippen MR) is 95.6 cm³/mol. The molecule has 2 aromatic carbocycles. The second kappa shape index (κ2) is 8.50. The number of rotatable bonds is 6. The van der Waals surface area contributed by atoms with Gasteiger partial charge in [-0.3, -0.25) is 14.4 Å². The fourth-order valence-electron chi connectivity index (χ4n) is 1.98. The van der Waals surface area contributed by atoms with E-state index in [9.17, 15) is 14.4 Å². The molecular weight excluding hydrogens is 365 g/mol. The first kappa shape index (κ1) is 18.8. The van der Waals surface area contributed by atoms with Crippen LogP contribution in [0.5, 0.6) is 0 Å². The fourth-order valence-corrected chi connectivity index (χ4v) is 2.47. The minimum Gasteiger partial charge on any atom is -0.366 e. The van der Waals surface area contributed by atoms with Gasteiger partial charge in [0.1, 0.15) is 0 Å². The number of carbonyl (C=O) groups is 3. The van der Waals surface area contributed by atoms with Gasteiger partial charge in [0.25, 0.3) is 5.91 Å². The Morgan fingerprint density at radius 2 is 1.64 bits per heavy atom. The van der Waals surface area contributed by atoms with E-state index in [-0.39, 0.29) is 29.6 Å². The summed E-state index contributed by atoms with van der Waals surface area (Å²) in [5.74, 6) is -1.35. The van der Waals surface area contributed by atoms with Crippen LogP contribution in [0, 0.1) is 0 Å². The Morgan fingerprint density at radius 3 is 2.24 bits per heavy atom. The average Bonchev–Trinajstić information content (AvgIpc) is 2.58. The first-order chi connectivity index (χ1) is 11.9. The van der Waals surface area contributed by atoms with Gasteiger partial charge in [0.15, 0.2) is 0 Å². The van der Waals surface area contributed by atoms with Crippen molar-refractivity contribution in [2.24, 2.45) is 5.73 Å². The smallest absolute Gasteiger partial charge is 0.253 e. The van der Waals surface area contributed by atoms with E-state index in [2.05, 4.69) is 10.6 Å². The first-order valence-corrected chi connectivity index (χ1v) is 8.01. The van der Waals surface area contributed by atoms with Crippen LogP contribution in [0.2, 0.25) is 10.0 Å². The normalized spacial score (nSPS) is 10.2. The van der Waals surface area contributed by atoms with Gasteiger partial charge in [-0.25, -0.2) is 0 Å². The lowest BCUT2D eigenvalue weighted by molar-refractivity contribution is -0.120. The van der Waals surface area contributed by atoms with E-state index in [1.54, 1.807) is 24.3 Å². The van der Waals surface area contributed by atoms with Crippen LogP contribution in [0.3, 0.4) is 0 Å². The van der Waals surface area contributed by atoms with Crippen molar-refractivity contribution in [3.63, 3.8) is 0 Å². The Kier molecular flexibility index (Phi) is 6.38. The van der Waals surface area contributed by atoms with Crippen molar-refractivity contribution < 1.29 is 14.4 Å². The summed E-state index contributed by atoms with van der Waals surface area (Å²) in [7, 11) is 0. The maximum absolute atomic E-state index is 12.0. The van der Waals surface area contributed by atoms with Gasteiger partial charge in [0.2, 0.25) is 11.8 Å². The van der Waals surface area contributed by atoms with Crippen LogP contribution in [0.15, 0.2) is 42.5 Å². The number of benzene rings is 2. The van der Waals surface area contributed by atoms with Crippen molar-refractivity contribution >= 4 is 40.9 Å². The van der Waals surface area contributed by atoms with Gasteiger partial charge in [-0.1, -0.05) is 35.3 Å². The summed E-state index contributed by atoms with van der Waals surface area (Å²) in [6, 6.07) is 11.0. The van der Waals surface area contributed by atoms with Crippen molar-refractivity contribution in [3.8, 4) is 0 Å². The van der Waals surface area contributed by atoms with E-state index in [1.807, 2.05) is 0 Å². The molecule has 0 aliphatic rings. The quantitative estimate of drug-likeness (QED) is 0.716. The SMILES string of the molecule is NC(=O)c1ccc(CNC(=O)CNC(=O)c2ccc(Cl)cc2Cl)cc1. The predicted octanol–water partition coefficient (Wildman–Crippen LogP) is 2.14. The third kappa shape index (κ3) is 5.48. The highest BCUT2D eigenvalue weighted by molar-refractivity contribution is 6.36. The van der Waals surface area contributed by atoms with Crippen LogP contribution in [0.1, 0.15) is 26.3 Å². The van der Waals surface area contributed by atoms with Gasteiger partial charge in [0.05, 0.1) is 17.1 Å². The lowest BCUT2D eigenvalue weighted by atomic mass is 10.1. The van der Waals surface area contributed by atoms with Crippen LogP contribution in [0.4, 0.5) is 0 Å². The molecule has 0 heterocycles. The number of hydrogen-bond donors (Lipinski definition) is 3. The van der Waals surface area contributed by atoms with E-state index < -0.39 is 11.8 Å². The van der Waals surface area contributed by atoms with Gasteiger partial charge in [-0.15, -0.1) is 0 Å². The van der Waals surface area contributed by atoms with Crippen molar-refractivity contribution in [2.45, 2.75) is 6.54 Å². The molecule has 0 bridgehead atoms. The standard InChI is InChI=1S/C17H15Cl2N3O3/c18-12-5-6-13(14(19)7-12)17(25)22-9-15(23)21-8-10-1-3-11(4-2-10)16(20)24/h1-7H,8-9H2,(H2,20,24)(H,21,23)(H,22,25). The second-order valence-electron chi connectivity index (χ2n) is 5.14. The monoisotopic (exact) mass is 379 g/mol. The summed E-state index contributed by atoms with van der Waals surface area (Å²) in [6.07, 6.45) is 0. The Morgan fingerprint density at radius 1 is 0.960 bits per heavy atom. The van der Waals surface area contributed by atoms with E-state index in [4.69, 9.17) is 28.9 Å². The third-order valence-corrected chi connectivity index (χ3v) is 3.86. The average molecular weight is 380 g/mol. The molecule has 0 aliphatic carbocycles. The summed E-state index contributed by atoms with van der Waals surface area (Å²) < 4.78 is 0. The molecule has 8 heteroatoms. The Balaban J connectivity index is 1.82. The van der Waals surface area contributed by atoms with Gasteiger partial charge in [-0.2, -0.15) is 0 Å². The highest BCUT2D eigenvalue weighted by atomic mass is 35.5. The van der Waals surface area contributed by atoms with Crippen molar-refractivity contribution in [2.75, 3.05) is 6.54 Å². The second-order valence-corrected chi connectivity index (χ2v) is 5.99. The highest BCUT2D eigenvalue weighted by Gasteiger charge is 2.12. The summed E-state index contributed by atoms with van der Waals surface area (Å²) in [5.41, 5.74) is 6.58. The molecule has 0 spiro atoms. The van der Waals surface area contributed by atoms with Crippen LogP contribution in [-0.4, -0.2) is 24.3 Å². The molecule has 0 aromatic heterocycles. The van der Waals surface area contributed by atoms with Gasteiger partial charge >= 0.3 is 0 Å². The summed E-state index contributed by atoms with van der Waals surface area (Å²) in [4.78, 5) is 34.8. The number of hydrogen-bond acceptors (Lipinski definition) is 3. The summed E-state index contributed by atoms with van der Waals surface area (Å²) in [6.45, 7) is 0.0621. The molecule has 2 rings (SSSR count). The molecule has 130 valence electrons. The lowest BCUT2D eigenvalue weighted by Crippen LogP contribution is -2.36. The van der Waals surface area contributed by atoms with Crippen molar-refractivity contribution in [1.29, 1.82) is 0 Å². The van der Waals surface area contributed by atoms with Crippen molar-refractivity contribution in [3.05, 3.63) is 69.2 Å². The van der Waals surface area contributed by atoms with Gasteiger partial charge in [0, 0.05) is 17.1 Å². The molecule has 0 aliphatic heterocycles. The minimum absolute atomic E-state index is 0.197. The number of halogens is 2. The highest BCUT2D eigenvalue weighted by Crippen LogP contribution is 2.20. The topological polar surface area (TPSA) is 101 Å². The third-order valence-electron chi connectivity index (χ3n) is 3.31. The zero-order valence-corrected chi connectivity index (χ0v) is 14.5. The Hall–Kier alpha value is -2.57. The molecule has 2 aromatic rings. The number of carbonyl (C=O) groups excluding carboxylic acids is 3. The first-order valence-electron chi connectivity index (χ1n) is 7.25. The maximum Gasteiger partial charge on any atom is 0.253 e. The molecule has 0 saturated carbocycles. The molecule has 0 atom stereocenters. The van der Waals surface area contributed by atoms with E-state index in [0.29, 0.717) is 10.6 Å². The number of amides is 3. The summed E-state index contributed by atoms with van der Waals surface area (Å²) >= 11 is 11.7. The number of primary amides is 1. The molecular formula is C17H15Cl2N3O3. The zero-order chi connectivity index (χ0) is 18.4. The molecule has 4 N–H and O–H groups in total. The Bertz CT molecular complexity index is 807. The zero-order valence-electron chi connectivity index (χ0n) is 13.0. The molecule has 0 unspecified atom stereocenters.